The molecule has 2 heterocycles. The van der Waals surface area contributed by atoms with Gasteiger partial charge in [0.2, 0.25) is 5.76 Å². The molecule has 1 amide bonds. The van der Waals surface area contributed by atoms with Crippen LogP contribution in [0.15, 0.2) is 22.9 Å². The average molecular weight is 283 g/mol. The molecule has 19 heavy (non-hydrogen) atoms. The molecule has 0 radical (unpaired) electrons. The Hall–Kier alpha value is -1.63. The van der Waals surface area contributed by atoms with E-state index in [0.29, 0.717) is 25.5 Å². The Labute approximate surface area is 116 Å². The lowest BCUT2D eigenvalue weighted by Crippen LogP contribution is -2.30. The van der Waals surface area contributed by atoms with Crippen LogP contribution in [0.3, 0.4) is 0 Å². The molecule has 1 aromatic rings. The number of amides is 1. The Morgan fingerprint density at radius 3 is 2.89 bits per heavy atom. The van der Waals surface area contributed by atoms with Gasteiger partial charge in [0, 0.05) is 7.05 Å². The van der Waals surface area contributed by atoms with Crippen LogP contribution >= 0.6 is 11.8 Å². The summed E-state index contributed by atoms with van der Waals surface area (Å²) in [5.41, 5.74) is 0.938. The SMILES string of the molecule is CSc1ncc(CNC(=O)C2=C(C)OCCO2)n1C. The summed E-state index contributed by atoms with van der Waals surface area (Å²) in [4.78, 5) is 16.2. The predicted octanol–water partition coefficient (Wildman–Crippen LogP) is 1.04. The van der Waals surface area contributed by atoms with Crippen LogP contribution in [0.4, 0.5) is 0 Å². The van der Waals surface area contributed by atoms with Crippen molar-refractivity contribution in [1.29, 1.82) is 0 Å². The third-order valence-electron chi connectivity index (χ3n) is 2.83. The van der Waals surface area contributed by atoms with E-state index in [0.717, 1.165) is 10.9 Å². The van der Waals surface area contributed by atoms with Crippen molar-refractivity contribution in [1.82, 2.24) is 14.9 Å². The molecule has 7 heteroatoms. The van der Waals surface area contributed by atoms with Crippen LogP contribution < -0.4 is 5.32 Å². The molecule has 0 saturated heterocycles. The minimum absolute atomic E-state index is 0.260. The number of thioether (sulfide) groups is 1. The highest BCUT2D eigenvalue weighted by molar-refractivity contribution is 7.98. The van der Waals surface area contributed by atoms with E-state index in [-0.39, 0.29) is 11.7 Å². The number of hydrogen-bond acceptors (Lipinski definition) is 5. The quantitative estimate of drug-likeness (QED) is 0.836. The van der Waals surface area contributed by atoms with Gasteiger partial charge in [-0.3, -0.25) is 4.79 Å². The van der Waals surface area contributed by atoms with Crippen molar-refractivity contribution < 1.29 is 14.3 Å². The molecular formula is C12H17N3O3S. The smallest absolute Gasteiger partial charge is 0.290 e. The number of carbonyl (C=O) groups excluding carboxylic acids is 1. The van der Waals surface area contributed by atoms with Crippen molar-refractivity contribution >= 4 is 17.7 Å². The zero-order valence-corrected chi connectivity index (χ0v) is 12.0. The van der Waals surface area contributed by atoms with Gasteiger partial charge < -0.3 is 19.4 Å². The zero-order valence-electron chi connectivity index (χ0n) is 11.2. The summed E-state index contributed by atoms with van der Waals surface area (Å²) < 4.78 is 12.5. The van der Waals surface area contributed by atoms with E-state index in [4.69, 9.17) is 9.47 Å². The van der Waals surface area contributed by atoms with Crippen molar-refractivity contribution in [3.05, 3.63) is 23.4 Å². The number of nitrogens with zero attached hydrogens (tertiary/aromatic N) is 2. The van der Waals surface area contributed by atoms with Crippen LogP contribution in [-0.2, 0) is 27.9 Å². The highest BCUT2D eigenvalue weighted by atomic mass is 32.2. The van der Waals surface area contributed by atoms with E-state index in [9.17, 15) is 4.79 Å². The predicted molar refractivity (Wildman–Crippen MR) is 71.4 cm³/mol. The summed E-state index contributed by atoms with van der Waals surface area (Å²) >= 11 is 1.56. The van der Waals surface area contributed by atoms with Crippen LogP contribution in [0.25, 0.3) is 0 Å². The van der Waals surface area contributed by atoms with Crippen LogP contribution in [0.5, 0.6) is 0 Å². The molecule has 0 unspecified atom stereocenters. The molecule has 1 aliphatic rings. The van der Waals surface area contributed by atoms with Gasteiger partial charge in [-0.05, 0) is 13.2 Å². The molecule has 0 aliphatic carbocycles. The van der Waals surface area contributed by atoms with Gasteiger partial charge in [-0.2, -0.15) is 0 Å². The molecule has 2 rings (SSSR count). The molecular weight excluding hydrogens is 266 g/mol. The summed E-state index contributed by atoms with van der Waals surface area (Å²) in [5, 5.41) is 3.72. The molecule has 1 N–H and O–H groups in total. The van der Waals surface area contributed by atoms with E-state index in [1.54, 1.807) is 24.9 Å². The van der Waals surface area contributed by atoms with Gasteiger partial charge in [-0.25, -0.2) is 4.98 Å². The minimum atomic E-state index is -0.260. The monoisotopic (exact) mass is 283 g/mol. The largest absolute Gasteiger partial charge is 0.491 e. The topological polar surface area (TPSA) is 65.4 Å². The summed E-state index contributed by atoms with van der Waals surface area (Å²) in [6.45, 7) is 3.02. The molecule has 0 fully saturated rings. The molecule has 104 valence electrons. The molecule has 0 atom stereocenters. The zero-order chi connectivity index (χ0) is 13.8. The van der Waals surface area contributed by atoms with E-state index < -0.39 is 0 Å². The first kappa shape index (κ1) is 13.8. The number of nitrogens with one attached hydrogen (secondary N) is 1. The maximum Gasteiger partial charge on any atom is 0.290 e. The molecule has 0 spiro atoms. The van der Waals surface area contributed by atoms with Crippen molar-refractivity contribution in [2.45, 2.75) is 18.6 Å². The third-order valence-corrected chi connectivity index (χ3v) is 3.57. The highest BCUT2D eigenvalue weighted by Gasteiger charge is 2.19. The summed E-state index contributed by atoms with van der Waals surface area (Å²) in [6, 6.07) is 0. The first-order valence-electron chi connectivity index (χ1n) is 5.92. The average Bonchev–Trinajstić information content (AvgIpc) is 2.77. The van der Waals surface area contributed by atoms with Crippen LogP contribution in [0, 0.1) is 0 Å². The maximum atomic E-state index is 12.0. The fraction of sp³-hybridized carbons (Fsp3) is 0.500. The number of rotatable bonds is 4. The van der Waals surface area contributed by atoms with Gasteiger partial charge in [-0.1, -0.05) is 11.8 Å². The second-order valence-corrected chi connectivity index (χ2v) is 4.83. The van der Waals surface area contributed by atoms with E-state index in [2.05, 4.69) is 10.3 Å². The van der Waals surface area contributed by atoms with Crippen molar-refractivity contribution in [2.24, 2.45) is 7.05 Å². The summed E-state index contributed by atoms with van der Waals surface area (Å²) in [5.74, 6) is 0.529. The van der Waals surface area contributed by atoms with Gasteiger partial charge in [0.05, 0.1) is 18.4 Å². The van der Waals surface area contributed by atoms with Crippen molar-refractivity contribution in [2.75, 3.05) is 19.5 Å². The molecule has 6 nitrogen and oxygen atoms in total. The van der Waals surface area contributed by atoms with Crippen LogP contribution in [0.1, 0.15) is 12.6 Å². The summed E-state index contributed by atoms with van der Waals surface area (Å²) in [6.07, 6.45) is 3.72. The lowest BCUT2D eigenvalue weighted by molar-refractivity contribution is -0.122. The number of allylic oxidation sites excluding steroid dienone is 1. The van der Waals surface area contributed by atoms with Crippen molar-refractivity contribution in [3.8, 4) is 0 Å². The number of aromatic nitrogens is 2. The second-order valence-electron chi connectivity index (χ2n) is 4.06. The second kappa shape index (κ2) is 6.01. The number of ether oxygens (including phenoxy) is 2. The summed E-state index contributed by atoms with van der Waals surface area (Å²) in [7, 11) is 1.92. The van der Waals surface area contributed by atoms with Gasteiger partial charge in [0.25, 0.3) is 5.91 Å². The third kappa shape index (κ3) is 3.04. The fourth-order valence-corrected chi connectivity index (χ4v) is 2.31. The fourth-order valence-electron chi connectivity index (χ4n) is 1.76. The van der Waals surface area contributed by atoms with Gasteiger partial charge >= 0.3 is 0 Å². The molecule has 0 bridgehead atoms. The van der Waals surface area contributed by atoms with E-state index in [1.807, 2.05) is 17.9 Å². The van der Waals surface area contributed by atoms with E-state index >= 15 is 0 Å². The number of hydrogen-bond donors (Lipinski definition) is 1. The Bertz CT molecular complexity index is 510. The Morgan fingerprint density at radius 2 is 2.26 bits per heavy atom. The van der Waals surface area contributed by atoms with Crippen molar-refractivity contribution in [3.63, 3.8) is 0 Å². The van der Waals surface area contributed by atoms with E-state index in [1.165, 1.54) is 0 Å². The molecule has 1 aromatic heterocycles. The molecule has 0 saturated carbocycles. The number of carbonyl (C=O) groups is 1. The maximum absolute atomic E-state index is 12.0. The van der Waals surface area contributed by atoms with Gasteiger partial charge in [-0.15, -0.1) is 0 Å². The van der Waals surface area contributed by atoms with Crippen LogP contribution in [-0.4, -0.2) is 34.9 Å². The first-order valence-corrected chi connectivity index (χ1v) is 7.15. The van der Waals surface area contributed by atoms with Gasteiger partial charge in [0.1, 0.15) is 19.0 Å². The number of imidazole rings is 1. The Balaban J connectivity index is 1.98. The minimum Gasteiger partial charge on any atom is -0.491 e. The lowest BCUT2D eigenvalue weighted by Gasteiger charge is -2.19. The highest BCUT2D eigenvalue weighted by Crippen LogP contribution is 2.15. The van der Waals surface area contributed by atoms with Crippen LogP contribution in [0.2, 0.25) is 0 Å². The first-order chi connectivity index (χ1) is 9.13. The molecule has 1 aliphatic heterocycles. The lowest BCUT2D eigenvalue weighted by atomic mass is 10.3. The van der Waals surface area contributed by atoms with Gasteiger partial charge in [0.15, 0.2) is 5.16 Å². The molecule has 0 aromatic carbocycles. The standard InChI is InChI=1S/C12H17N3O3S/c1-8-10(18-5-4-17-8)11(16)13-6-9-7-14-12(19-3)15(9)2/h7H,4-6H2,1-3H3,(H,13,16). The Morgan fingerprint density at radius 1 is 1.53 bits per heavy atom. The normalized spacial score (nSPS) is 14.9. The Kier molecular flexibility index (Phi) is 4.36.